The van der Waals surface area contributed by atoms with Gasteiger partial charge in [0.25, 0.3) is 0 Å². The van der Waals surface area contributed by atoms with E-state index in [-0.39, 0.29) is 21.1 Å². The molecule has 0 bridgehead atoms. The molecule has 2 nitrogen and oxygen atoms in total. The molecule has 2 aliphatic heterocycles. The molecule has 0 N–H and O–H groups in total. The molecular formula is C22H18O2S2. The van der Waals surface area contributed by atoms with Crippen molar-refractivity contribution in [3.63, 3.8) is 0 Å². The van der Waals surface area contributed by atoms with Gasteiger partial charge in [-0.2, -0.15) is 0 Å². The van der Waals surface area contributed by atoms with Crippen molar-refractivity contribution in [3.8, 4) is 0 Å². The molecule has 0 unspecified atom stereocenters. The van der Waals surface area contributed by atoms with Gasteiger partial charge in [0, 0.05) is 22.3 Å². The van der Waals surface area contributed by atoms with Gasteiger partial charge in [0.15, 0.2) is 11.6 Å². The van der Waals surface area contributed by atoms with Gasteiger partial charge in [-0.05, 0) is 60.8 Å². The zero-order valence-electron chi connectivity index (χ0n) is 15.1. The number of Topliss-reactive ketones (excluding diaryl/α,β-unsaturated/α-hetero) is 2. The summed E-state index contributed by atoms with van der Waals surface area (Å²) in [6.45, 7) is 8.63. The lowest BCUT2D eigenvalue weighted by atomic mass is 9.66. The molecule has 1 aromatic carbocycles. The molecule has 0 radical (unpaired) electrons. The maximum Gasteiger partial charge on any atom is 0.194 e. The fraction of sp³-hybridized carbons (Fsp3) is 0.273. The zero-order chi connectivity index (χ0) is 18.4. The van der Waals surface area contributed by atoms with Crippen molar-refractivity contribution in [3.05, 3.63) is 79.6 Å². The Kier molecular flexibility index (Phi) is 3.11. The molecule has 1 aromatic rings. The van der Waals surface area contributed by atoms with E-state index in [1.54, 1.807) is 12.1 Å². The minimum Gasteiger partial charge on any atom is -0.289 e. The highest BCUT2D eigenvalue weighted by Gasteiger charge is 2.60. The molecule has 5 rings (SSSR count). The van der Waals surface area contributed by atoms with Crippen LogP contribution in [0.2, 0.25) is 0 Å². The predicted octanol–water partition coefficient (Wildman–Crippen LogP) is 5.49. The molecule has 4 aliphatic rings. The fourth-order valence-corrected chi connectivity index (χ4v) is 7.76. The van der Waals surface area contributed by atoms with Crippen molar-refractivity contribution in [2.24, 2.45) is 0 Å². The third kappa shape index (κ3) is 1.72. The van der Waals surface area contributed by atoms with Crippen molar-refractivity contribution in [1.29, 1.82) is 0 Å². The van der Waals surface area contributed by atoms with Crippen LogP contribution in [0.3, 0.4) is 0 Å². The minimum absolute atomic E-state index is 0.0134. The summed E-state index contributed by atoms with van der Waals surface area (Å²) in [5.41, 5.74) is 4.35. The lowest BCUT2D eigenvalue weighted by Gasteiger charge is -2.47. The average Bonchev–Trinajstić information content (AvgIpc) is 3.08. The summed E-state index contributed by atoms with van der Waals surface area (Å²) in [6.07, 6.45) is 4.24. The summed E-state index contributed by atoms with van der Waals surface area (Å²) in [4.78, 5) is 29.3. The Morgan fingerprint density at radius 2 is 1.12 bits per heavy atom. The van der Waals surface area contributed by atoms with Crippen LogP contribution in [0.5, 0.6) is 0 Å². The molecule has 26 heavy (non-hydrogen) atoms. The molecule has 0 spiro atoms. The van der Waals surface area contributed by atoms with E-state index in [0.29, 0.717) is 22.3 Å². The number of thioether (sulfide) groups is 2. The third-order valence-corrected chi connectivity index (χ3v) is 9.10. The first-order valence-electron chi connectivity index (χ1n) is 8.71. The fourth-order valence-electron chi connectivity index (χ4n) is 4.71. The highest BCUT2D eigenvalue weighted by atomic mass is 32.2. The highest BCUT2D eigenvalue weighted by molar-refractivity contribution is 8.09. The molecule has 2 aliphatic carbocycles. The molecule has 130 valence electrons. The van der Waals surface area contributed by atoms with Gasteiger partial charge in [-0.1, -0.05) is 24.3 Å². The lowest BCUT2D eigenvalue weighted by molar-refractivity contribution is 0.0969. The second-order valence-electron chi connectivity index (χ2n) is 7.56. The average molecular weight is 379 g/mol. The van der Waals surface area contributed by atoms with Gasteiger partial charge in [-0.25, -0.2) is 0 Å². The first kappa shape index (κ1) is 16.4. The Balaban J connectivity index is 1.94. The van der Waals surface area contributed by atoms with Crippen LogP contribution in [0.1, 0.15) is 48.4 Å². The summed E-state index contributed by atoms with van der Waals surface area (Å²) in [7, 11) is 0. The first-order valence-corrected chi connectivity index (χ1v) is 10.3. The highest BCUT2D eigenvalue weighted by Crippen LogP contribution is 2.67. The first-order chi connectivity index (χ1) is 12.3. The van der Waals surface area contributed by atoms with Gasteiger partial charge in [-0.3, -0.25) is 9.59 Å². The second kappa shape index (κ2) is 4.93. The van der Waals surface area contributed by atoms with E-state index >= 15 is 0 Å². The van der Waals surface area contributed by atoms with Crippen molar-refractivity contribution >= 4 is 35.1 Å². The Hall–Kier alpha value is -1.78. The van der Waals surface area contributed by atoms with Gasteiger partial charge >= 0.3 is 0 Å². The molecule has 0 aromatic heterocycles. The third-order valence-electron chi connectivity index (χ3n) is 6.02. The van der Waals surface area contributed by atoms with Gasteiger partial charge < -0.3 is 0 Å². The quantitative estimate of drug-likeness (QED) is 0.598. The smallest absolute Gasteiger partial charge is 0.194 e. The largest absolute Gasteiger partial charge is 0.289 e. The molecule has 0 saturated heterocycles. The number of allylic oxidation sites excluding steroid dienone is 6. The van der Waals surface area contributed by atoms with Crippen LogP contribution in [0.4, 0.5) is 0 Å². The topological polar surface area (TPSA) is 34.1 Å². The number of hydrogen-bond donors (Lipinski definition) is 0. The summed E-state index contributed by atoms with van der Waals surface area (Å²) in [5.74, 6) is -0.0269. The van der Waals surface area contributed by atoms with Crippen LogP contribution in [0, 0.1) is 0 Å². The number of ketones is 2. The van der Waals surface area contributed by atoms with Gasteiger partial charge in [0.2, 0.25) is 0 Å². The Labute approximate surface area is 161 Å². The van der Waals surface area contributed by atoms with Crippen molar-refractivity contribution in [2.75, 3.05) is 0 Å². The van der Waals surface area contributed by atoms with E-state index < -0.39 is 0 Å². The number of hydrogen-bond acceptors (Lipinski definition) is 4. The molecule has 2 atom stereocenters. The molecule has 2 heterocycles. The standard InChI is InChI=1S/C22H18O2S2/c1-11-9-15-17-18(20(24)14-8-6-5-7-13(14)19(17)23)16-10-12(2)26-22(16,4)21(15,3)25-11/h5-10H,1-4H3/t21-,22-/m1/s1. The van der Waals surface area contributed by atoms with E-state index in [1.165, 1.54) is 9.81 Å². The van der Waals surface area contributed by atoms with E-state index in [1.807, 2.05) is 35.7 Å². The van der Waals surface area contributed by atoms with Gasteiger partial charge in [-0.15, -0.1) is 23.5 Å². The normalized spacial score (nSPS) is 32.2. The van der Waals surface area contributed by atoms with E-state index in [2.05, 4.69) is 39.8 Å². The van der Waals surface area contributed by atoms with Crippen LogP contribution < -0.4 is 0 Å². The zero-order valence-corrected chi connectivity index (χ0v) is 16.7. The monoisotopic (exact) mass is 378 g/mol. The van der Waals surface area contributed by atoms with Crippen LogP contribution in [-0.2, 0) is 0 Å². The summed E-state index contributed by atoms with van der Waals surface area (Å²) >= 11 is 3.64. The number of rotatable bonds is 0. The van der Waals surface area contributed by atoms with Gasteiger partial charge in [0.1, 0.15) is 0 Å². The van der Waals surface area contributed by atoms with Crippen molar-refractivity contribution in [1.82, 2.24) is 0 Å². The van der Waals surface area contributed by atoms with E-state index in [9.17, 15) is 9.59 Å². The number of carbonyl (C=O) groups is 2. The van der Waals surface area contributed by atoms with Crippen molar-refractivity contribution < 1.29 is 9.59 Å². The van der Waals surface area contributed by atoms with E-state index in [4.69, 9.17) is 0 Å². The second-order valence-corrected chi connectivity index (χ2v) is 10.9. The SMILES string of the molecule is CC1=CC2=C3C(=O)c4ccccc4C(=O)C3=C3C=C(C)S[C@@]3(C)[C@]2(C)S1. The maximum atomic E-state index is 13.5. The van der Waals surface area contributed by atoms with Crippen LogP contribution in [0.15, 0.2) is 68.5 Å². The Morgan fingerprint density at radius 3 is 1.50 bits per heavy atom. The molecule has 4 heteroatoms. The maximum absolute atomic E-state index is 13.5. The summed E-state index contributed by atoms with van der Waals surface area (Å²) in [6, 6.07) is 7.22. The summed E-state index contributed by atoms with van der Waals surface area (Å²) in [5, 5.41) is 0. The van der Waals surface area contributed by atoms with Crippen LogP contribution in [-0.4, -0.2) is 21.1 Å². The van der Waals surface area contributed by atoms with Crippen molar-refractivity contribution in [2.45, 2.75) is 37.2 Å². The van der Waals surface area contributed by atoms with Crippen LogP contribution >= 0.6 is 23.5 Å². The minimum atomic E-state index is -0.258. The molecular weight excluding hydrogens is 360 g/mol. The molecule has 0 saturated carbocycles. The lowest BCUT2D eigenvalue weighted by Crippen LogP contribution is -2.49. The molecule has 0 amide bonds. The number of fused-ring (bicyclic) bond motifs is 5. The Bertz CT molecular complexity index is 984. The molecule has 0 fully saturated rings. The number of carbonyl (C=O) groups excluding carboxylic acids is 2. The summed E-state index contributed by atoms with van der Waals surface area (Å²) < 4.78 is -0.515. The van der Waals surface area contributed by atoms with Crippen LogP contribution in [0.25, 0.3) is 0 Å². The Morgan fingerprint density at radius 1 is 0.731 bits per heavy atom. The van der Waals surface area contributed by atoms with Gasteiger partial charge in [0.05, 0.1) is 9.49 Å². The predicted molar refractivity (Wildman–Crippen MR) is 109 cm³/mol. The number of benzene rings is 1. The van der Waals surface area contributed by atoms with E-state index in [0.717, 1.165) is 11.1 Å².